The lowest BCUT2D eigenvalue weighted by atomic mass is 10.1. The van der Waals surface area contributed by atoms with Crippen LogP contribution < -0.4 is 0 Å². The molecule has 1 saturated heterocycles. The van der Waals surface area contributed by atoms with Crippen LogP contribution >= 0.6 is 0 Å². The fourth-order valence-electron chi connectivity index (χ4n) is 2.45. The second-order valence-electron chi connectivity index (χ2n) is 4.68. The minimum absolute atomic E-state index is 0.0542. The van der Waals surface area contributed by atoms with Crippen molar-refractivity contribution < 1.29 is 9.53 Å². The van der Waals surface area contributed by atoms with Crippen molar-refractivity contribution in [3.63, 3.8) is 0 Å². The van der Waals surface area contributed by atoms with E-state index in [-0.39, 0.29) is 11.9 Å². The maximum absolute atomic E-state index is 12.5. The van der Waals surface area contributed by atoms with Crippen molar-refractivity contribution in [2.45, 2.75) is 12.5 Å². The fraction of sp³-hybridized carbons (Fsp3) is 0.357. The first kappa shape index (κ1) is 11.3. The van der Waals surface area contributed by atoms with Crippen LogP contribution in [0.5, 0.6) is 0 Å². The highest BCUT2D eigenvalue weighted by Crippen LogP contribution is 2.20. The number of para-hydroxylation sites is 1. The minimum atomic E-state index is 0.0542. The van der Waals surface area contributed by atoms with Crippen LogP contribution in [0.25, 0.3) is 10.9 Å². The zero-order valence-electron chi connectivity index (χ0n) is 10.3. The number of benzene rings is 1. The van der Waals surface area contributed by atoms with Crippen molar-refractivity contribution in [3.05, 3.63) is 36.0 Å². The zero-order valence-corrected chi connectivity index (χ0v) is 10.3. The van der Waals surface area contributed by atoms with Crippen LogP contribution in [0.2, 0.25) is 0 Å². The number of carbonyl (C=O) groups is 1. The van der Waals surface area contributed by atoms with Gasteiger partial charge >= 0.3 is 0 Å². The predicted molar refractivity (Wildman–Crippen MR) is 69.6 cm³/mol. The van der Waals surface area contributed by atoms with E-state index in [1.165, 1.54) is 0 Å². The summed E-state index contributed by atoms with van der Waals surface area (Å²) in [6.07, 6.45) is 2.78. The smallest absolute Gasteiger partial charge is 0.256 e. The van der Waals surface area contributed by atoms with Gasteiger partial charge in [-0.1, -0.05) is 12.1 Å². The highest BCUT2D eigenvalue weighted by Gasteiger charge is 2.25. The van der Waals surface area contributed by atoms with Crippen molar-refractivity contribution in [3.8, 4) is 0 Å². The van der Waals surface area contributed by atoms with Crippen LogP contribution in [0.3, 0.4) is 0 Å². The number of fused-ring (bicyclic) bond motifs is 1. The van der Waals surface area contributed by atoms with Gasteiger partial charge in [0.25, 0.3) is 5.91 Å². The van der Waals surface area contributed by atoms with E-state index in [1.807, 2.05) is 37.5 Å². The summed E-state index contributed by atoms with van der Waals surface area (Å²) in [5, 5.41) is 1.07. The number of likely N-dealkylation sites (N-methyl/N-ethyl adjacent to an activating group) is 1. The Morgan fingerprint density at radius 3 is 3.11 bits per heavy atom. The summed E-state index contributed by atoms with van der Waals surface area (Å²) in [7, 11) is 1.85. The lowest BCUT2D eigenvalue weighted by Crippen LogP contribution is -2.37. The number of nitrogens with zero attached hydrogens (tertiary/aromatic N) is 1. The molecule has 1 atom stereocenters. The first-order valence-corrected chi connectivity index (χ1v) is 6.18. The summed E-state index contributed by atoms with van der Waals surface area (Å²) in [5.41, 5.74) is 1.64. The summed E-state index contributed by atoms with van der Waals surface area (Å²) in [5.74, 6) is 0.0542. The molecule has 1 unspecified atom stereocenters. The van der Waals surface area contributed by atoms with Gasteiger partial charge in [-0.05, 0) is 18.6 Å². The van der Waals surface area contributed by atoms with E-state index >= 15 is 0 Å². The predicted octanol–water partition coefficient (Wildman–Crippen LogP) is 2.03. The lowest BCUT2D eigenvalue weighted by Gasteiger charge is -2.23. The molecule has 0 aliphatic carbocycles. The monoisotopic (exact) mass is 244 g/mol. The van der Waals surface area contributed by atoms with Gasteiger partial charge in [0.05, 0.1) is 23.7 Å². The molecule has 2 heterocycles. The standard InChI is InChI=1S/C14H16N2O2/c1-16(11-6-8-18-9-11)14(17)12-4-2-3-10-5-7-15-13(10)12/h2-5,7,11,15H,6,8-9H2,1H3. The zero-order chi connectivity index (χ0) is 12.5. The van der Waals surface area contributed by atoms with Gasteiger partial charge in [0.2, 0.25) is 0 Å². The van der Waals surface area contributed by atoms with E-state index < -0.39 is 0 Å². The van der Waals surface area contributed by atoms with E-state index in [2.05, 4.69) is 4.98 Å². The number of amides is 1. The van der Waals surface area contributed by atoms with Gasteiger partial charge in [-0.25, -0.2) is 0 Å². The molecular weight excluding hydrogens is 228 g/mol. The van der Waals surface area contributed by atoms with Crippen molar-refractivity contribution in [1.29, 1.82) is 0 Å². The van der Waals surface area contributed by atoms with Gasteiger partial charge in [0, 0.05) is 25.2 Å². The molecule has 1 fully saturated rings. The maximum Gasteiger partial charge on any atom is 0.256 e. The van der Waals surface area contributed by atoms with Crippen molar-refractivity contribution in [1.82, 2.24) is 9.88 Å². The molecule has 4 heteroatoms. The second-order valence-corrected chi connectivity index (χ2v) is 4.68. The fourth-order valence-corrected chi connectivity index (χ4v) is 2.45. The first-order chi connectivity index (χ1) is 8.77. The van der Waals surface area contributed by atoms with Crippen molar-refractivity contribution >= 4 is 16.8 Å². The summed E-state index contributed by atoms with van der Waals surface area (Å²) >= 11 is 0. The number of hydrogen-bond donors (Lipinski definition) is 1. The number of ether oxygens (including phenoxy) is 1. The molecule has 2 aromatic rings. The highest BCUT2D eigenvalue weighted by molar-refractivity contribution is 6.05. The number of hydrogen-bond acceptors (Lipinski definition) is 2. The molecule has 1 aliphatic rings. The average Bonchev–Trinajstić information content (AvgIpc) is 3.06. The lowest BCUT2D eigenvalue weighted by molar-refractivity contribution is 0.0713. The van der Waals surface area contributed by atoms with Crippen LogP contribution in [-0.2, 0) is 4.74 Å². The third-order valence-electron chi connectivity index (χ3n) is 3.59. The van der Waals surface area contributed by atoms with Crippen LogP contribution in [0.1, 0.15) is 16.8 Å². The van der Waals surface area contributed by atoms with Gasteiger partial charge in [-0.3, -0.25) is 4.79 Å². The third kappa shape index (κ3) is 1.78. The molecule has 4 nitrogen and oxygen atoms in total. The number of H-pyrrole nitrogens is 1. The van der Waals surface area contributed by atoms with E-state index in [4.69, 9.17) is 4.74 Å². The molecule has 94 valence electrons. The van der Waals surface area contributed by atoms with Crippen LogP contribution in [-0.4, -0.2) is 42.1 Å². The molecule has 1 aromatic heterocycles. The first-order valence-electron chi connectivity index (χ1n) is 6.18. The summed E-state index contributed by atoms with van der Waals surface area (Å²) in [6, 6.07) is 7.96. The quantitative estimate of drug-likeness (QED) is 0.878. The Balaban J connectivity index is 1.93. The van der Waals surface area contributed by atoms with Gasteiger partial charge in [0.1, 0.15) is 0 Å². The molecule has 1 aromatic carbocycles. The largest absolute Gasteiger partial charge is 0.379 e. The normalized spacial score (nSPS) is 19.3. The molecule has 0 bridgehead atoms. The number of nitrogens with one attached hydrogen (secondary N) is 1. The molecule has 0 radical (unpaired) electrons. The Hall–Kier alpha value is -1.81. The molecule has 0 saturated carbocycles. The topological polar surface area (TPSA) is 45.3 Å². The molecular formula is C14H16N2O2. The summed E-state index contributed by atoms with van der Waals surface area (Å²) in [6.45, 7) is 1.39. The van der Waals surface area contributed by atoms with Gasteiger partial charge < -0.3 is 14.6 Å². The Morgan fingerprint density at radius 2 is 2.33 bits per heavy atom. The van der Waals surface area contributed by atoms with Crippen LogP contribution in [0.4, 0.5) is 0 Å². The second kappa shape index (κ2) is 4.46. The van der Waals surface area contributed by atoms with Gasteiger partial charge in [-0.15, -0.1) is 0 Å². The molecule has 1 amide bonds. The molecule has 1 aliphatic heterocycles. The average molecular weight is 244 g/mol. The Bertz CT molecular complexity index is 570. The van der Waals surface area contributed by atoms with E-state index in [1.54, 1.807) is 4.90 Å². The molecule has 0 spiro atoms. The number of aromatic nitrogens is 1. The Morgan fingerprint density at radius 1 is 1.44 bits per heavy atom. The maximum atomic E-state index is 12.5. The van der Waals surface area contributed by atoms with E-state index in [0.29, 0.717) is 6.61 Å². The minimum Gasteiger partial charge on any atom is -0.379 e. The SMILES string of the molecule is CN(C(=O)c1cccc2cc[nH]c12)C1CCOC1. The van der Waals surface area contributed by atoms with Gasteiger partial charge in [-0.2, -0.15) is 0 Å². The van der Waals surface area contributed by atoms with Crippen LogP contribution in [0.15, 0.2) is 30.5 Å². The highest BCUT2D eigenvalue weighted by atomic mass is 16.5. The van der Waals surface area contributed by atoms with E-state index in [0.717, 1.165) is 29.5 Å². The number of rotatable bonds is 2. The van der Waals surface area contributed by atoms with Crippen LogP contribution in [0, 0.1) is 0 Å². The van der Waals surface area contributed by atoms with Crippen molar-refractivity contribution in [2.24, 2.45) is 0 Å². The van der Waals surface area contributed by atoms with E-state index in [9.17, 15) is 4.79 Å². The number of carbonyl (C=O) groups excluding carboxylic acids is 1. The Labute approximate surface area is 106 Å². The molecule has 18 heavy (non-hydrogen) atoms. The van der Waals surface area contributed by atoms with Gasteiger partial charge in [0.15, 0.2) is 0 Å². The number of aromatic amines is 1. The third-order valence-corrected chi connectivity index (χ3v) is 3.59. The molecule has 3 rings (SSSR count). The van der Waals surface area contributed by atoms with Crippen molar-refractivity contribution in [2.75, 3.05) is 20.3 Å². The molecule has 1 N–H and O–H groups in total. The Kier molecular flexibility index (Phi) is 2.80. The summed E-state index contributed by atoms with van der Waals surface area (Å²) in [4.78, 5) is 17.4. The summed E-state index contributed by atoms with van der Waals surface area (Å²) < 4.78 is 5.34.